The van der Waals surface area contributed by atoms with Crippen LogP contribution in [0.15, 0.2) is 0 Å². The van der Waals surface area contributed by atoms with E-state index in [2.05, 4.69) is 24.5 Å². The third-order valence-electron chi connectivity index (χ3n) is 2.72. The van der Waals surface area contributed by atoms with Crippen molar-refractivity contribution in [2.24, 2.45) is 0 Å². The van der Waals surface area contributed by atoms with E-state index in [-0.39, 0.29) is 0 Å². The van der Waals surface area contributed by atoms with Crippen LogP contribution in [0.3, 0.4) is 0 Å². The predicted octanol–water partition coefficient (Wildman–Crippen LogP) is 1.13. The second kappa shape index (κ2) is 4.07. The first-order valence-corrected chi connectivity index (χ1v) is 4.79. The van der Waals surface area contributed by atoms with Gasteiger partial charge in [0.25, 0.3) is 0 Å². The smallest absolute Gasteiger partial charge is 0.0304 e. The summed E-state index contributed by atoms with van der Waals surface area (Å²) in [5, 5.41) is 7.01. The largest absolute Gasteiger partial charge is 0.315 e. The number of rotatable bonds is 4. The molecule has 0 radical (unpaired) electrons. The van der Waals surface area contributed by atoms with Crippen LogP contribution >= 0.6 is 0 Å². The Morgan fingerprint density at radius 1 is 1.45 bits per heavy atom. The number of likely N-dealkylation sites (N-methyl/N-ethyl adjacent to an activating group) is 1. The van der Waals surface area contributed by atoms with Gasteiger partial charge in [0.1, 0.15) is 0 Å². The Hall–Kier alpha value is -0.0800. The maximum atomic E-state index is 3.59. The minimum absolute atomic E-state index is 0.427. The molecule has 11 heavy (non-hydrogen) atoms. The first-order chi connectivity index (χ1) is 5.33. The predicted molar refractivity (Wildman–Crippen MR) is 48.8 cm³/mol. The van der Waals surface area contributed by atoms with Gasteiger partial charge >= 0.3 is 0 Å². The standard InChI is InChI=1S/C9H20N2/c1-3-9(8-10-4-2)6-5-7-11-9/h10-11H,3-8H2,1-2H3. The van der Waals surface area contributed by atoms with Crippen molar-refractivity contribution in [2.45, 2.75) is 38.6 Å². The van der Waals surface area contributed by atoms with Crippen LogP contribution in [0, 0.1) is 0 Å². The molecule has 1 heterocycles. The van der Waals surface area contributed by atoms with Crippen LogP contribution in [0.1, 0.15) is 33.1 Å². The van der Waals surface area contributed by atoms with Gasteiger partial charge in [0.15, 0.2) is 0 Å². The quantitative estimate of drug-likeness (QED) is 0.637. The molecule has 2 N–H and O–H groups in total. The highest BCUT2D eigenvalue weighted by Gasteiger charge is 2.30. The van der Waals surface area contributed by atoms with Crippen molar-refractivity contribution >= 4 is 0 Å². The molecule has 0 bridgehead atoms. The van der Waals surface area contributed by atoms with Crippen molar-refractivity contribution < 1.29 is 0 Å². The summed E-state index contributed by atoms with van der Waals surface area (Å²) in [5.74, 6) is 0. The highest BCUT2D eigenvalue weighted by Crippen LogP contribution is 2.21. The summed E-state index contributed by atoms with van der Waals surface area (Å²) in [6.45, 7) is 7.87. The van der Waals surface area contributed by atoms with Gasteiger partial charge in [0, 0.05) is 12.1 Å². The van der Waals surface area contributed by atoms with Gasteiger partial charge in [-0.1, -0.05) is 13.8 Å². The van der Waals surface area contributed by atoms with E-state index >= 15 is 0 Å². The summed E-state index contributed by atoms with van der Waals surface area (Å²) < 4.78 is 0. The fraction of sp³-hybridized carbons (Fsp3) is 1.00. The van der Waals surface area contributed by atoms with E-state index in [4.69, 9.17) is 0 Å². The van der Waals surface area contributed by atoms with Crippen molar-refractivity contribution in [1.29, 1.82) is 0 Å². The third kappa shape index (κ3) is 2.17. The van der Waals surface area contributed by atoms with E-state index in [0.29, 0.717) is 5.54 Å². The normalized spacial score (nSPS) is 31.1. The van der Waals surface area contributed by atoms with E-state index in [0.717, 1.165) is 13.1 Å². The molecule has 1 unspecified atom stereocenters. The van der Waals surface area contributed by atoms with Gasteiger partial charge < -0.3 is 10.6 Å². The zero-order chi connectivity index (χ0) is 8.16. The molecular formula is C9H20N2. The van der Waals surface area contributed by atoms with E-state index in [1.807, 2.05) is 0 Å². The lowest BCUT2D eigenvalue weighted by Crippen LogP contribution is -2.47. The summed E-state index contributed by atoms with van der Waals surface area (Å²) in [6, 6.07) is 0. The molecule has 0 aromatic heterocycles. The second-order valence-electron chi connectivity index (χ2n) is 3.44. The fourth-order valence-electron chi connectivity index (χ4n) is 1.81. The Bertz CT molecular complexity index is 106. The molecule has 0 saturated carbocycles. The molecule has 1 rings (SSSR count). The first kappa shape index (κ1) is 9.01. The van der Waals surface area contributed by atoms with Gasteiger partial charge in [-0.05, 0) is 32.4 Å². The Balaban J connectivity index is 2.33. The van der Waals surface area contributed by atoms with Gasteiger partial charge in [0.2, 0.25) is 0 Å². The van der Waals surface area contributed by atoms with Crippen LogP contribution < -0.4 is 10.6 Å². The molecule has 66 valence electrons. The SMILES string of the molecule is CCNCC1(CC)CCCN1. The highest BCUT2D eigenvalue weighted by molar-refractivity contribution is 4.93. The minimum Gasteiger partial charge on any atom is -0.315 e. The van der Waals surface area contributed by atoms with Gasteiger partial charge in [-0.15, -0.1) is 0 Å². The van der Waals surface area contributed by atoms with Crippen LogP contribution in [-0.2, 0) is 0 Å². The number of nitrogens with one attached hydrogen (secondary N) is 2. The number of hydrogen-bond donors (Lipinski definition) is 2. The average Bonchev–Trinajstić information content (AvgIpc) is 2.50. The Kier molecular flexibility index (Phi) is 3.34. The lowest BCUT2D eigenvalue weighted by Gasteiger charge is -2.28. The topological polar surface area (TPSA) is 24.1 Å². The van der Waals surface area contributed by atoms with Crippen molar-refractivity contribution in [3.05, 3.63) is 0 Å². The lowest BCUT2D eigenvalue weighted by molar-refractivity contribution is 0.344. The van der Waals surface area contributed by atoms with Crippen LogP contribution in [0.5, 0.6) is 0 Å². The van der Waals surface area contributed by atoms with Gasteiger partial charge in [0.05, 0.1) is 0 Å². The minimum atomic E-state index is 0.427. The van der Waals surface area contributed by atoms with Crippen molar-refractivity contribution in [2.75, 3.05) is 19.6 Å². The molecule has 0 aromatic carbocycles. The Morgan fingerprint density at radius 2 is 2.27 bits per heavy atom. The summed E-state index contributed by atoms with van der Waals surface area (Å²) in [4.78, 5) is 0. The van der Waals surface area contributed by atoms with Gasteiger partial charge in [-0.25, -0.2) is 0 Å². The molecule has 1 aliphatic rings. The van der Waals surface area contributed by atoms with Crippen molar-refractivity contribution in [3.63, 3.8) is 0 Å². The molecule has 2 nitrogen and oxygen atoms in total. The highest BCUT2D eigenvalue weighted by atomic mass is 15.1. The summed E-state index contributed by atoms with van der Waals surface area (Å²) >= 11 is 0. The first-order valence-electron chi connectivity index (χ1n) is 4.79. The average molecular weight is 156 g/mol. The van der Waals surface area contributed by atoms with E-state index in [1.165, 1.54) is 25.8 Å². The Labute approximate surface area is 69.8 Å². The third-order valence-corrected chi connectivity index (χ3v) is 2.72. The Morgan fingerprint density at radius 3 is 2.73 bits per heavy atom. The van der Waals surface area contributed by atoms with Crippen LogP contribution in [0.25, 0.3) is 0 Å². The van der Waals surface area contributed by atoms with E-state index in [9.17, 15) is 0 Å². The molecule has 0 amide bonds. The molecule has 1 aliphatic heterocycles. The van der Waals surface area contributed by atoms with Crippen molar-refractivity contribution in [3.8, 4) is 0 Å². The van der Waals surface area contributed by atoms with Crippen LogP contribution in [-0.4, -0.2) is 25.2 Å². The molecule has 0 spiro atoms. The zero-order valence-electron chi connectivity index (χ0n) is 7.74. The summed E-state index contributed by atoms with van der Waals surface area (Å²) in [7, 11) is 0. The molecule has 0 aromatic rings. The molecule has 1 saturated heterocycles. The summed E-state index contributed by atoms with van der Waals surface area (Å²) in [5.41, 5.74) is 0.427. The molecular weight excluding hydrogens is 136 g/mol. The molecule has 1 atom stereocenters. The molecule has 2 heteroatoms. The molecule has 0 aliphatic carbocycles. The second-order valence-corrected chi connectivity index (χ2v) is 3.44. The van der Waals surface area contributed by atoms with Crippen molar-refractivity contribution in [1.82, 2.24) is 10.6 Å². The van der Waals surface area contributed by atoms with E-state index < -0.39 is 0 Å². The summed E-state index contributed by atoms with van der Waals surface area (Å²) in [6.07, 6.45) is 3.94. The van der Waals surface area contributed by atoms with E-state index in [1.54, 1.807) is 0 Å². The lowest BCUT2D eigenvalue weighted by atomic mass is 9.94. The van der Waals surface area contributed by atoms with Gasteiger partial charge in [-0.3, -0.25) is 0 Å². The zero-order valence-corrected chi connectivity index (χ0v) is 7.74. The monoisotopic (exact) mass is 156 g/mol. The fourth-order valence-corrected chi connectivity index (χ4v) is 1.81. The van der Waals surface area contributed by atoms with Gasteiger partial charge in [-0.2, -0.15) is 0 Å². The molecule has 1 fully saturated rings. The maximum absolute atomic E-state index is 3.59. The maximum Gasteiger partial charge on any atom is 0.0304 e. The van der Waals surface area contributed by atoms with Crippen LogP contribution in [0.4, 0.5) is 0 Å². The van der Waals surface area contributed by atoms with Crippen LogP contribution in [0.2, 0.25) is 0 Å². The number of hydrogen-bond acceptors (Lipinski definition) is 2.